The predicted molar refractivity (Wildman–Crippen MR) is 93.1 cm³/mol. The summed E-state index contributed by atoms with van der Waals surface area (Å²) in [6.45, 7) is -1.92. The quantitative estimate of drug-likeness (QED) is 0.153. The number of ether oxygens (including phenoxy) is 1. The maximum absolute atomic E-state index is 12.6. The van der Waals surface area contributed by atoms with E-state index in [4.69, 9.17) is 9.84 Å². The maximum Gasteiger partial charge on any atom is 0.303 e. The summed E-state index contributed by atoms with van der Waals surface area (Å²) in [4.78, 5) is 35.1. The highest BCUT2D eigenvalue weighted by atomic mass is 16.6. The molecule has 13 heteroatoms. The van der Waals surface area contributed by atoms with Crippen molar-refractivity contribution in [2.45, 2.75) is 61.9 Å². The van der Waals surface area contributed by atoms with Crippen LogP contribution in [0, 0.1) is 0 Å². The number of aliphatic hydroxyl groups is 6. The highest BCUT2D eigenvalue weighted by Crippen LogP contribution is 2.20. The number of nitrogens with one attached hydrogen (secondary N) is 2. The Morgan fingerprint density at radius 1 is 0.966 bits per heavy atom. The summed E-state index contributed by atoms with van der Waals surface area (Å²) >= 11 is 0. The molecule has 6 atom stereocenters. The standard InChI is InChI=1S/C16H28N2O11/c19-5-4-16(7-20,18-9(21)2-1-3-10(22)23)15(28)17-6-8-11(24)12(25)13(26)14(27)29-8/h8,11-14,19-20,24-27H,1-7H2,(H,17,28)(H,18,21)(H,22,23)/t8-,11+,12-,13-,14+,16?/m0/s1. The van der Waals surface area contributed by atoms with Crippen molar-refractivity contribution in [3.8, 4) is 0 Å². The van der Waals surface area contributed by atoms with Crippen LogP contribution in [-0.4, -0.2) is 110 Å². The average molecular weight is 424 g/mol. The molecule has 168 valence electrons. The molecule has 1 rings (SSSR count). The van der Waals surface area contributed by atoms with Gasteiger partial charge in [-0.05, 0) is 6.42 Å². The van der Waals surface area contributed by atoms with E-state index in [0.29, 0.717) is 0 Å². The third kappa shape index (κ3) is 6.85. The van der Waals surface area contributed by atoms with Gasteiger partial charge in [0.05, 0.1) is 6.61 Å². The highest BCUT2D eigenvalue weighted by molar-refractivity contribution is 5.91. The van der Waals surface area contributed by atoms with Crippen LogP contribution in [0.2, 0.25) is 0 Å². The Morgan fingerprint density at radius 3 is 2.17 bits per heavy atom. The number of carbonyl (C=O) groups excluding carboxylic acids is 2. The van der Waals surface area contributed by atoms with E-state index in [2.05, 4.69) is 10.6 Å². The number of carboxylic acids is 1. The third-order valence-electron chi connectivity index (χ3n) is 4.57. The fraction of sp³-hybridized carbons (Fsp3) is 0.812. The Labute approximate surface area is 165 Å². The van der Waals surface area contributed by atoms with Crippen molar-refractivity contribution in [3.63, 3.8) is 0 Å². The fourth-order valence-electron chi connectivity index (χ4n) is 2.81. The van der Waals surface area contributed by atoms with Crippen molar-refractivity contribution in [3.05, 3.63) is 0 Å². The van der Waals surface area contributed by atoms with E-state index in [9.17, 15) is 45.0 Å². The van der Waals surface area contributed by atoms with E-state index in [0.717, 1.165) is 0 Å². The second kappa shape index (κ2) is 11.3. The molecule has 0 aromatic heterocycles. The van der Waals surface area contributed by atoms with E-state index in [1.54, 1.807) is 0 Å². The van der Waals surface area contributed by atoms with Crippen molar-refractivity contribution < 1.29 is 54.9 Å². The largest absolute Gasteiger partial charge is 0.481 e. The Balaban J connectivity index is 2.75. The first-order chi connectivity index (χ1) is 13.6. The van der Waals surface area contributed by atoms with Gasteiger partial charge in [0.25, 0.3) is 0 Å². The van der Waals surface area contributed by atoms with Crippen LogP contribution in [-0.2, 0) is 19.1 Å². The number of carboxylic acid groups (broad SMARTS) is 1. The lowest BCUT2D eigenvalue weighted by molar-refractivity contribution is -0.280. The molecule has 1 fully saturated rings. The van der Waals surface area contributed by atoms with Crippen LogP contribution >= 0.6 is 0 Å². The van der Waals surface area contributed by atoms with E-state index in [-0.39, 0.29) is 25.7 Å². The number of aliphatic carboxylic acids is 1. The molecule has 0 aromatic carbocycles. The molecule has 0 spiro atoms. The number of carbonyl (C=O) groups is 3. The Kier molecular flexibility index (Phi) is 9.85. The summed E-state index contributed by atoms with van der Waals surface area (Å²) in [7, 11) is 0. The SMILES string of the molecule is O=C(O)CCCC(=O)NC(CO)(CCO)C(=O)NC[C@@H]1O[C@@H](O)[C@@H](O)[C@@H](O)[C@@H]1O. The smallest absolute Gasteiger partial charge is 0.303 e. The van der Waals surface area contributed by atoms with Gasteiger partial charge in [-0.2, -0.15) is 0 Å². The van der Waals surface area contributed by atoms with Crippen LogP contribution in [0.1, 0.15) is 25.7 Å². The van der Waals surface area contributed by atoms with Crippen LogP contribution < -0.4 is 10.6 Å². The topological polar surface area (TPSA) is 226 Å². The molecule has 0 radical (unpaired) electrons. The fourth-order valence-corrected chi connectivity index (χ4v) is 2.81. The minimum absolute atomic E-state index is 0.00360. The van der Waals surface area contributed by atoms with E-state index in [1.807, 2.05) is 0 Å². The molecule has 1 heterocycles. The van der Waals surface area contributed by atoms with Crippen molar-refractivity contribution >= 4 is 17.8 Å². The van der Waals surface area contributed by atoms with Gasteiger partial charge in [-0.15, -0.1) is 0 Å². The lowest BCUT2D eigenvalue weighted by atomic mass is 9.94. The monoisotopic (exact) mass is 424 g/mol. The van der Waals surface area contributed by atoms with Gasteiger partial charge >= 0.3 is 5.97 Å². The summed E-state index contributed by atoms with van der Waals surface area (Å²) in [5.74, 6) is -2.75. The normalized spacial score (nSPS) is 29.0. The average Bonchev–Trinajstić information content (AvgIpc) is 2.67. The Hall–Kier alpha value is -1.87. The lowest BCUT2D eigenvalue weighted by Gasteiger charge is -2.39. The van der Waals surface area contributed by atoms with Gasteiger partial charge in [0.1, 0.15) is 30.0 Å². The molecule has 0 aliphatic carbocycles. The molecule has 0 bridgehead atoms. The molecule has 1 unspecified atom stereocenters. The summed E-state index contributed by atoms with van der Waals surface area (Å²) < 4.78 is 4.92. The number of amides is 2. The van der Waals surface area contributed by atoms with Gasteiger partial charge in [0, 0.05) is 32.4 Å². The molecule has 0 saturated carbocycles. The molecular formula is C16H28N2O11. The number of aliphatic hydroxyl groups excluding tert-OH is 6. The highest BCUT2D eigenvalue weighted by Gasteiger charge is 2.44. The molecule has 9 N–H and O–H groups in total. The summed E-state index contributed by atoms with van der Waals surface area (Å²) in [5, 5.41) is 70.5. The minimum Gasteiger partial charge on any atom is -0.481 e. The van der Waals surface area contributed by atoms with Crippen molar-refractivity contribution in [2.75, 3.05) is 19.8 Å². The Morgan fingerprint density at radius 2 is 1.62 bits per heavy atom. The van der Waals surface area contributed by atoms with Gasteiger partial charge in [-0.25, -0.2) is 0 Å². The van der Waals surface area contributed by atoms with Gasteiger partial charge in [0.2, 0.25) is 11.8 Å². The first kappa shape index (κ1) is 25.2. The van der Waals surface area contributed by atoms with Crippen LogP contribution in [0.25, 0.3) is 0 Å². The second-order valence-corrected chi connectivity index (χ2v) is 6.76. The maximum atomic E-state index is 12.6. The van der Waals surface area contributed by atoms with Crippen LogP contribution in [0.5, 0.6) is 0 Å². The zero-order valence-electron chi connectivity index (χ0n) is 15.6. The third-order valence-corrected chi connectivity index (χ3v) is 4.57. The molecule has 1 aliphatic rings. The summed E-state index contributed by atoms with van der Waals surface area (Å²) in [6.07, 6.45) is -9.06. The van der Waals surface area contributed by atoms with E-state index in [1.165, 1.54) is 0 Å². The molecule has 0 aromatic rings. The number of hydrogen-bond donors (Lipinski definition) is 9. The minimum atomic E-state index is -1.93. The van der Waals surface area contributed by atoms with Gasteiger partial charge in [-0.3, -0.25) is 14.4 Å². The van der Waals surface area contributed by atoms with E-state index >= 15 is 0 Å². The van der Waals surface area contributed by atoms with Crippen molar-refractivity contribution in [1.82, 2.24) is 10.6 Å². The molecule has 1 aliphatic heterocycles. The molecule has 1 saturated heterocycles. The first-order valence-electron chi connectivity index (χ1n) is 8.98. The van der Waals surface area contributed by atoms with E-state index < -0.39 is 73.8 Å². The number of hydrogen-bond acceptors (Lipinski definition) is 10. The van der Waals surface area contributed by atoms with Gasteiger partial charge in [-0.1, -0.05) is 0 Å². The first-order valence-corrected chi connectivity index (χ1v) is 8.98. The summed E-state index contributed by atoms with van der Waals surface area (Å²) in [5.41, 5.74) is -1.93. The van der Waals surface area contributed by atoms with Crippen LogP contribution in [0.15, 0.2) is 0 Å². The van der Waals surface area contributed by atoms with Gasteiger partial charge < -0.3 is 51.1 Å². The van der Waals surface area contributed by atoms with Crippen molar-refractivity contribution in [1.29, 1.82) is 0 Å². The zero-order valence-corrected chi connectivity index (χ0v) is 15.6. The zero-order chi connectivity index (χ0) is 22.2. The van der Waals surface area contributed by atoms with Gasteiger partial charge in [0.15, 0.2) is 6.29 Å². The molecule has 2 amide bonds. The lowest BCUT2D eigenvalue weighted by Crippen LogP contribution is -2.64. The van der Waals surface area contributed by atoms with Crippen LogP contribution in [0.4, 0.5) is 0 Å². The van der Waals surface area contributed by atoms with Crippen LogP contribution in [0.3, 0.4) is 0 Å². The second-order valence-electron chi connectivity index (χ2n) is 6.76. The molecule has 13 nitrogen and oxygen atoms in total. The summed E-state index contributed by atoms with van der Waals surface area (Å²) in [6, 6.07) is 0. The predicted octanol–water partition coefficient (Wildman–Crippen LogP) is -4.61. The molecular weight excluding hydrogens is 396 g/mol. The Bertz CT molecular complexity index is 575. The van der Waals surface area contributed by atoms with Crippen molar-refractivity contribution in [2.24, 2.45) is 0 Å². The number of rotatable bonds is 11. The molecule has 29 heavy (non-hydrogen) atoms.